The molecular weight excluding hydrogens is 228 g/mol. The van der Waals surface area contributed by atoms with E-state index in [1.165, 1.54) is 0 Å². The lowest BCUT2D eigenvalue weighted by Crippen LogP contribution is -2.52. The molecule has 0 saturated heterocycles. The highest BCUT2D eigenvalue weighted by molar-refractivity contribution is 5.76. The normalized spacial score (nSPS) is 24.6. The number of aliphatic carboxylic acids is 1. The van der Waals surface area contributed by atoms with E-state index in [1.54, 1.807) is 0 Å². The van der Waals surface area contributed by atoms with Crippen LogP contribution in [0.4, 0.5) is 4.79 Å². The third kappa shape index (κ3) is 4.58. The predicted octanol–water partition coefficient (Wildman–Crippen LogP) is -0.701. The second kappa shape index (κ2) is 6.41. The number of aliphatic hydroxyl groups excluding tert-OH is 1. The molecule has 7 heteroatoms. The van der Waals surface area contributed by atoms with Gasteiger partial charge in [0.05, 0.1) is 12.6 Å². The first-order valence-electron chi connectivity index (χ1n) is 5.59. The number of carboxylic acids is 1. The molecule has 1 fully saturated rings. The molecule has 7 nitrogen and oxygen atoms in total. The summed E-state index contributed by atoms with van der Waals surface area (Å²) >= 11 is 0. The molecule has 1 aliphatic rings. The highest BCUT2D eigenvalue weighted by Crippen LogP contribution is 2.22. The second-order valence-corrected chi connectivity index (χ2v) is 3.95. The van der Waals surface area contributed by atoms with Gasteiger partial charge >= 0.3 is 12.0 Å². The number of carbonyl (C=O) groups excluding carboxylic acids is 1. The summed E-state index contributed by atoms with van der Waals surface area (Å²) in [5.74, 6) is -1.36. The first-order valence-corrected chi connectivity index (χ1v) is 5.59. The average Bonchev–Trinajstić information content (AvgIpc) is 2.22. The standard InChI is InChI=1S/C10H18N2O5/c1-2-17-7-3-6(4-7)12-10(16)11-5-8(13)9(14)15/h6-8,13H,2-5H2,1H3,(H,14,15)(H2,11,12,16). The largest absolute Gasteiger partial charge is 0.479 e. The van der Waals surface area contributed by atoms with E-state index >= 15 is 0 Å². The molecule has 0 heterocycles. The molecule has 2 amide bonds. The smallest absolute Gasteiger partial charge is 0.334 e. The van der Waals surface area contributed by atoms with Gasteiger partial charge in [0.25, 0.3) is 0 Å². The van der Waals surface area contributed by atoms with Crippen LogP contribution in [0.3, 0.4) is 0 Å². The fourth-order valence-corrected chi connectivity index (χ4v) is 1.57. The molecule has 1 atom stereocenters. The molecule has 1 unspecified atom stereocenters. The minimum atomic E-state index is -1.57. The van der Waals surface area contributed by atoms with E-state index in [4.69, 9.17) is 14.9 Å². The summed E-state index contributed by atoms with van der Waals surface area (Å²) < 4.78 is 5.33. The van der Waals surface area contributed by atoms with E-state index in [2.05, 4.69) is 10.6 Å². The number of aliphatic hydroxyl groups is 1. The predicted molar refractivity (Wildman–Crippen MR) is 58.6 cm³/mol. The van der Waals surface area contributed by atoms with E-state index in [-0.39, 0.29) is 18.7 Å². The molecule has 98 valence electrons. The number of nitrogens with one attached hydrogen (secondary N) is 2. The zero-order chi connectivity index (χ0) is 12.8. The van der Waals surface area contributed by atoms with Crippen molar-refractivity contribution in [1.29, 1.82) is 0 Å². The van der Waals surface area contributed by atoms with Crippen LogP contribution in [-0.4, -0.2) is 53.6 Å². The first kappa shape index (κ1) is 13.7. The van der Waals surface area contributed by atoms with E-state index in [9.17, 15) is 9.59 Å². The molecule has 17 heavy (non-hydrogen) atoms. The van der Waals surface area contributed by atoms with Crippen LogP contribution >= 0.6 is 0 Å². The first-order chi connectivity index (χ1) is 8.02. The number of amides is 2. The summed E-state index contributed by atoms with van der Waals surface area (Å²) in [4.78, 5) is 21.5. The van der Waals surface area contributed by atoms with Crippen LogP contribution in [0.2, 0.25) is 0 Å². The van der Waals surface area contributed by atoms with Crippen LogP contribution in [0.1, 0.15) is 19.8 Å². The van der Waals surface area contributed by atoms with Gasteiger partial charge in [-0.3, -0.25) is 0 Å². The summed E-state index contributed by atoms with van der Waals surface area (Å²) in [6.45, 7) is 2.28. The summed E-state index contributed by atoms with van der Waals surface area (Å²) in [5, 5.41) is 22.3. The Morgan fingerprint density at radius 2 is 2.12 bits per heavy atom. The number of carboxylic acid groups (broad SMARTS) is 1. The van der Waals surface area contributed by atoms with Crippen molar-refractivity contribution < 1.29 is 24.5 Å². The van der Waals surface area contributed by atoms with Crippen molar-refractivity contribution >= 4 is 12.0 Å². The molecule has 0 bridgehead atoms. The van der Waals surface area contributed by atoms with E-state index < -0.39 is 18.1 Å². The highest BCUT2D eigenvalue weighted by Gasteiger charge is 2.30. The fraction of sp³-hybridized carbons (Fsp3) is 0.800. The van der Waals surface area contributed by atoms with Crippen molar-refractivity contribution in [2.45, 2.75) is 38.0 Å². The average molecular weight is 246 g/mol. The number of ether oxygens (including phenoxy) is 1. The highest BCUT2D eigenvalue weighted by atomic mass is 16.5. The number of hydrogen-bond acceptors (Lipinski definition) is 4. The summed E-state index contributed by atoms with van der Waals surface area (Å²) in [7, 11) is 0. The van der Waals surface area contributed by atoms with Crippen molar-refractivity contribution in [2.24, 2.45) is 0 Å². The zero-order valence-electron chi connectivity index (χ0n) is 9.68. The van der Waals surface area contributed by atoms with Gasteiger partial charge in [-0.15, -0.1) is 0 Å². The van der Waals surface area contributed by atoms with Crippen molar-refractivity contribution in [3.8, 4) is 0 Å². The maximum atomic E-state index is 11.3. The van der Waals surface area contributed by atoms with Crippen LogP contribution < -0.4 is 10.6 Å². The molecule has 0 aromatic carbocycles. The number of rotatable bonds is 6. The zero-order valence-corrected chi connectivity index (χ0v) is 9.68. The molecule has 1 rings (SSSR count). The lowest BCUT2D eigenvalue weighted by Gasteiger charge is -2.35. The Labute approximate surface area is 99.1 Å². The number of urea groups is 1. The monoisotopic (exact) mass is 246 g/mol. The van der Waals surface area contributed by atoms with Crippen molar-refractivity contribution in [2.75, 3.05) is 13.2 Å². The van der Waals surface area contributed by atoms with E-state index in [0.717, 1.165) is 12.8 Å². The van der Waals surface area contributed by atoms with Gasteiger partial charge in [-0.1, -0.05) is 0 Å². The number of carbonyl (C=O) groups is 2. The SMILES string of the molecule is CCOC1CC(NC(=O)NCC(O)C(=O)O)C1. The Kier molecular flexibility index (Phi) is 5.17. The molecule has 0 radical (unpaired) electrons. The van der Waals surface area contributed by atoms with E-state index in [0.29, 0.717) is 6.61 Å². The Bertz CT molecular complexity index is 278. The lowest BCUT2D eigenvalue weighted by molar-refractivity contribution is -0.146. The molecule has 0 aromatic heterocycles. The minimum absolute atomic E-state index is 0.0634. The van der Waals surface area contributed by atoms with Crippen LogP contribution in [0.15, 0.2) is 0 Å². The van der Waals surface area contributed by atoms with Crippen LogP contribution in [0, 0.1) is 0 Å². The second-order valence-electron chi connectivity index (χ2n) is 3.95. The maximum absolute atomic E-state index is 11.3. The van der Waals surface area contributed by atoms with Gasteiger partial charge in [0.1, 0.15) is 0 Å². The van der Waals surface area contributed by atoms with Gasteiger partial charge in [0.2, 0.25) is 0 Å². The Morgan fingerprint density at radius 3 is 2.65 bits per heavy atom. The van der Waals surface area contributed by atoms with Gasteiger partial charge in [0, 0.05) is 12.6 Å². The van der Waals surface area contributed by atoms with Crippen molar-refractivity contribution in [1.82, 2.24) is 10.6 Å². The minimum Gasteiger partial charge on any atom is -0.479 e. The van der Waals surface area contributed by atoms with Crippen LogP contribution in [0.5, 0.6) is 0 Å². The molecule has 0 spiro atoms. The quantitative estimate of drug-likeness (QED) is 0.495. The Hall–Kier alpha value is -1.34. The van der Waals surface area contributed by atoms with Gasteiger partial charge in [-0.2, -0.15) is 0 Å². The van der Waals surface area contributed by atoms with Gasteiger partial charge in [0.15, 0.2) is 6.10 Å². The molecule has 4 N–H and O–H groups in total. The summed E-state index contributed by atoms with van der Waals surface area (Å²) in [5.41, 5.74) is 0. The van der Waals surface area contributed by atoms with Crippen molar-refractivity contribution in [3.05, 3.63) is 0 Å². The van der Waals surface area contributed by atoms with Crippen molar-refractivity contribution in [3.63, 3.8) is 0 Å². The fourth-order valence-electron chi connectivity index (χ4n) is 1.57. The summed E-state index contributed by atoms with van der Waals surface area (Å²) in [6.07, 6.45) is 0.166. The van der Waals surface area contributed by atoms with Crippen LogP contribution in [-0.2, 0) is 9.53 Å². The third-order valence-electron chi connectivity index (χ3n) is 2.57. The Balaban J connectivity index is 2.09. The van der Waals surface area contributed by atoms with Crippen LogP contribution in [0.25, 0.3) is 0 Å². The Morgan fingerprint density at radius 1 is 1.47 bits per heavy atom. The molecule has 0 aliphatic heterocycles. The van der Waals surface area contributed by atoms with Gasteiger partial charge in [-0.05, 0) is 19.8 Å². The number of hydrogen-bond donors (Lipinski definition) is 4. The molecule has 0 aromatic rings. The third-order valence-corrected chi connectivity index (χ3v) is 2.57. The van der Waals surface area contributed by atoms with Gasteiger partial charge < -0.3 is 25.6 Å². The maximum Gasteiger partial charge on any atom is 0.334 e. The molecular formula is C10H18N2O5. The lowest BCUT2D eigenvalue weighted by atomic mass is 9.89. The topological polar surface area (TPSA) is 108 Å². The van der Waals surface area contributed by atoms with Gasteiger partial charge in [-0.25, -0.2) is 9.59 Å². The van der Waals surface area contributed by atoms with E-state index in [1.807, 2.05) is 6.92 Å². The molecule has 1 aliphatic carbocycles. The molecule has 1 saturated carbocycles. The summed E-state index contributed by atoms with van der Waals surface area (Å²) in [6, 6.07) is -0.404.